The van der Waals surface area contributed by atoms with Crippen LogP contribution in [0.4, 0.5) is 5.82 Å². The van der Waals surface area contributed by atoms with E-state index in [1.807, 2.05) is 0 Å². The van der Waals surface area contributed by atoms with Gasteiger partial charge in [-0.1, -0.05) is 18.2 Å². The SMILES string of the molecule is Cc1ncc([N+](=O)[O-])n1CCOOC(=O)[C@]1(C=C=O)N2C(=O)[C@@H](NC(=O)COc3ccccc3)[C@H]2SC1(C)C. The Labute approximate surface area is 226 Å². The van der Waals surface area contributed by atoms with Gasteiger partial charge in [0.05, 0.1) is 4.75 Å². The topological polar surface area (TPSA) is 172 Å². The second-order valence-electron chi connectivity index (χ2n) is 9.17. The number of fused-ring (bicyclic) bond motifs is 1. The van der Waals surface area contributed by atoms with Crippen LogP contribution in [0.3, 0.4) is 0 Å². The van der Waals surface area contributed by atoms with Crippen molar-refractivity contribution in [1.82, 2.24) is 19.8 Å². The number of thioether (sulfide) groups is 1. The van der Waals surface area contributed by atoms with E-state index in [0.29, 0.717) is 11.6 Å². The number of aromatic nitrogens is 2. The zero-order chi connectivity index (χ0) is 28.4. The lowest BCUT2D eigenvalue weighted by atomic mass is 9.81. The largest absolute Gasteiger partial charge is 0.484 e. The maximum Gasteiger partial charge on any atom is 0.373 e. The summed E-state index contributed by atoms with van der Waals surface area (Å²) in [6.07, 6.45) is 2.01. The van der Waals surface area contributed by atoms with Crippen molar-refractivity contribution < 1.29 is 38.6 Å². The lowest BCUT2D eigenvalue weighted by Crippen LogP contribution is -2.75. The molecule has 2 saturated heterocycles. The molecule has 2 aliphatic rings. The number of benzene rings is 1. The number of rotatable bonds is 11. The van der Waals surface area contributed by atoms with Crippen LogP contribution < -0.4 is 10.1 Å². The summed E-state index contributed by atoms with van der Waals surface area (Å²) >= 11 is 1.20. The molecule has 39 heavy (non-hydrogen) atoms. The van der Waals surface area contributed by atoms with Crippen LogP contribution in [0.2, 0.25) is 0 Å². The summed E-state index contributed by atoms with van der Waals surface area (Å²) in [6, 6.07) is 7.72. The van der Waals surface area contributed by atoms with E-state index >= 15 is 0 Å². The van der Waals surface area contributed by atoms with Gasteiger partial charge in [0.15, 0.2) is 18.0 Å². The number of hydrogen-bond acceptors (Lipinski definition) is 11. The highest BCUT2D eigenvalue weighted by atomic mass is 32.2. The molecule has 1 N–H and O–H groups in total. The molecule has 2 aliphatic heterocycles. The van der Waals surface area contributed by atoms with Gasteiger partial charge in [-0.25, -0.2) is 19.1 Å². The standard InChI is InChI=1S/C24H25N5O9S/c1-15-25-13-18(29(34)35)27(15)10-12-37-38-22(33)24(9-11-30)23(2,3)39-21-19(20(32)28(21)24)26-17(31)14-36-16-7-5-4-6-8-16/h4-9,13,19,21H,10,12,14H2,1-3H3,(H,26,31)/t19-,21-,24+/m1/s1. The molecule has 1 aromatic heterocycles. The molecule has 206 valence electrons. The van der Waals surface area contributed by atoms with Crippen LogP contribution in [-0.4, -0.2) is 78.0 Å². The van der Waals surface area contributed by atoms with E-state index in [1.54, 1.807) is 57.0 Å². The van der Waals surface area contributed by atoms with E-state index in [4.69, 9.17) is 14.5 Å². The van der Waals surface area contributed by atoms with Crippen molar-refractivity contribution in [2.24, 2.45) is 0 Å². The van der Waals surface area contributed by atoms with E-state index in [0.717, 1.165) is 12.3 Å². The number of aryl methyl sites for hydroxylation is 1. The third kappa shape index (κ3) is 4.99. The summed E-state index contributed by atoms with van der Waals surface area (Å²) in [4.78, 5) is 76.0. The quantitative estimate of drug-likeness (QED) is 0.104. The van der Waals surface area contributed by atoms with E-state index < -0.39 is 44.4 Å². The Hall–Kier alpha value is -4.20. The van der Waals surface area contributed by atoms with Gasteiger partial charge < -0.3 is 25.1 Å². The van der Waals surface area contributed by atoms with Crippen molar-refractivity contribution in [1.29, 1.82) is 0 Å². The number of imidazole rings is 1. The molecule has 4 rings (SSSR count). The lowest BCUT2D eigenvalue weighted by Gasteiger charge is -2.48. The summed E-state index contributed by atoms with van der Waals surface area (Å²) in [5.41, 5.74) is -1.88. The second kappa shape index (κ2) is 10.9. The molecule has 3 atom stereocenters. The molecule has 1 aromatic carbocycles. The highest BCUT2D eigenvalue weighted by Gasteiger charge is 2.73. The smallest absolute Gasteiger partial charge is 0.373 e. The van der Waals surface area contributed by atoms with Crippen LogP contribution in [0.1, 0.15) is 19.7 Å². The van der Waals surface area contributed by atoms with E-state index in [2.05, 4.69) is 10.3 Å². The van der Waals surface area contributed by atoms with E-state index in [-0.39, 0.29) is 25.6 Å². The fraction of sp³-hybridized carbons (Fsp3) is 0.417. The molecular formula is C24H25N5O9S. The summed E-state index contributed by atoms with van der Waals surface area (Å²) in [6.45, 7) is 4.23. The summed E-state index contributed by atoms with van der Waals surface area (Å²) < 4.78 is 5.61. The Morgan fingerprint density at radius 3 is 2.69 bits per heavy atom. The predicted octanol–water partition coefficient (Wildman–Crippen LogP) is 0.959. The number of para-hydroxylation sites is 1. The molecule has 2 amide bonds. The minimum absolute atomic E-state index is 0.0471. The summed E-state index contributed by atoms with van der Waals surface area (Å²) in [5.74, 6) is 0.00656. The number of hydrogen-bond donors (Lipinski definition) is 1. The van der Waals surface area contributed by atoms with Crippen LogP contribution in [0.15, 0.2) is 42.6 Å². The normalized spacial score (nSPS) is 22.7. The molecule has 0 radical (unpaired) electrons. The Bertz CT molecular complexity index is 1340. The van der Waals surface area contributed by atoms with Crippen LogP contribution in [0, 0.1) is 17.0 Å². The molecule has 14 nitrogen and oxygen atoms in total. The maximum atomic E-state index is 13.3. The molecule has 0 bridgehead atoms. The molecule has 2 aromatic rings. The van der Waals surface area contributed by atoms with Crippen LogP contribution in [0.25, 0.3) is 0 Å². The number of amides is 2. The van der Waals surface area contributed by atoms with Crippen molar-refractivity contribution in [2.75, 3.05) is 13.2 Å². The molecule has 2 fully saturated rings. The first kappa shape index (κ1) is 27.8. The summed E-state index contributed by atoms with van der Waals surface area (Å²) in [5, 5.41) is 13.1. The first-order chi connectivity index (χ1) is 18.5. The lowest BCUT2D eigenvalue weighted by molar-refractivity contribution is -0.392. The number of ether oxygens (including phenoxy) is 1. The molecule has 0 spiro atoms. The van der Waals surface area contributed by atoms with Gasteiger partial charge in [0.2, 0.25) is 5.91 Å². The number of β-lactam (4-membered cyclic amide) rings is 1. The first-order valence-electron chi connectivity index (χ1n) is 11.7. The third-order valence-corrected chi connectivity index (χ3v) is 8.14. The minimum atomic E-state index is -1.88. The van der Waals surface area contributed by atoms with E-state index in [9.17, 15) is 29.3 Å². The van der Waals surface area contributed by atoms with Gasteiger partial charge in [0.25, 0.3) is 5.91 Å². The van der Waals surface area contributed by atoms with E-state index in [1.165, 1.54) is 21.2 Å². The number of carbonyl (C=O) groups excluding carboxylic acids is 4. The summed E-state index contributed by atoms with van der Waals surface area (Å²) in [7, 11) is 0. The van der Waals surface area contributed by atoms with Crippen molar-refractivity contribution in [3.63, 3.8) is 0 Å². The fourth-order valence-electron chi connectivity index (χ4n) is 4.55. The van der Waals surface area contributed by atoms with Gasteiger partial charge in [0.1, 0.15) is 42.5 Å². The Kier molecular flexibility index (Phi) is 7.77. The second-order valence-corrected chi connectivity index (χ2v) is 10.9. The molecule has 15 heteroatoms. The average molecular weight is 560 g/mol. The van der Waals surface area contributed by atoms with Crippen molar-refractivity contribution in [3.8, 4) is 5.75 Å². The maximum absolute atomic E-state index is 13.3. The Balaban J connectivity index is 1.41. The highest BCUT2D eigenvalue weighted by Crippen LogP contribution is 2.57. The highest BCUT2D eigenvalue weighted by molar-refractivity contribution is 8.01. The monoisotopic (exact) mass is 559 g/mol. The van der Waals surface area contributed by atoms with Crippen molar-refractivity contribution >= 4 is 41.3 Å². The number of carbonyl (C=O) groups is 3. The van der Waals surface area contributed by atoms with Crippen LogP contribution in [0.5, 0.6) is 5.75 Å². The third-order valence-electron chi connectivity index (χ3n) is 6.52. The van der Waals surface area contributed by atoms with Crippen LogP contribution >= 0.6 is 11.8 Å². The van der Waals surface area contributed by atoms with Crippen molar-refractivity contribution in [3.05, 3.63) is 58.5 Å². The van der Waals surface area contributed by atoms with Gasteiger partial charge in [0, 0.05) is 13.0 Å². The molecular weight excluding hydrogens is 534 g/mol. The number of nitro groups is 1. The first-order valence-corrected chi connectivity index (χ1v) is 12.6. The molecule has 0 saturated carbocycles. The van der Waals surface area contributed by atoms with Crippen LogP contribution in [-0.2, 0) is 35.5 Å². The molecule has 0 unspecified atom stereocenters. The zero-order valence-electron chi connectivity index (χ0n) is 21.2. The van der Waals surface area contributed by atoms with Gasteiger partial charge in [-0.05, 0) is 30.9 Å². The van der Waals surface area contributed by atoms with Gasteiger partial charge in [-0.2, -0.15) is 4.89 Å². The average Bonchev–Trinajstić information content (AvgIpc) is 3.37. The number of nitrogens with zero attached hydrogens (tertiary/aromatic N) is 4. The van der Waals surface area contributed by atoms with Gasteiger partial charge >= 0.3 is 11.8 Å². The Morgan fingerprint density at radius 1 is 1.31 bits per heavy atom. The van der Waals surface area contributed by atoms with Gasteiger partial charge in [-0.3, -0.25) is 14.5 Å². The minimum Gasteiger partial charge on any atom is -0.484 e. The number of nitrogens with one attached hydrogen (secondary N) is 1. The van der Waals surface area contributed by atoms with Crippen molar-refractivity contribution in [2.45, 2.75) is 49.0 Å². The Morgan fingerprint density at radius 2 is 2.03 bits per heavy atom. The molecule has 3 heterocycles. The fourth-order valence-corrected chi connectivity index (χ4v) is 6.27. The zero-order valence-corrected chi connectivity index (χ0v) is 22.0. The van der Waals surface area contributed by atoms with Gasteiger partial charge in [-0.15, -0.1) is 11.8 Å². The predicted molar refractivity (Wildman–Crippen MR) is 135 cm³/mol. The molecule has 0 aliphatic carbocycles.